The fourth-order valence-electron chi connectivity index (χ4n) is 4.01. The van der Waals surface area contributed by atoms with Gasteiger partial charge in [0, 0.05) is 58.4 Å². The summed E-state index contributed by atoms with van der Waals surface area (Å²) in [6.07, 6.45) is 2.35. The fraction of sp³-hybridized carbons (Fsp3) is 0.682. The number of likely N-dealkylation sites (tertiary alicyclic amines) is 1. The van der Waals surface area contributed by atoms with E-state index in [1.165, 1.54) is 24.0 Å². The van der Waals surface area contributed by atoms with Gasteiger partial charge in [0.25, 0.3) is 0 Å². The van der Waals surface area contributed by atoms with E-state index in [0.29, 0.717) is 12.1 Å². The number of hydrogen-bond acceptors (Lipinski definition) is 4. The zero-order chi connectivity index (χ0) is 19.8. The summed E-state index contributed by atoms with van der Waals surface area (Å²) in [7, 11) is 1.86. The van der Waals surface area contributed by atoms with E-state index < -0.39 is 0 Å². The summed E-state index contributed by atoms with van der Waals surface area (Å²) in [6, 6.07) is 9.86. The van der Waals surface area contributed by atoms with Crippen LogP contribution in [-0.4, -0.2) is 74.3 Å². The Morgan fingerprint density at radius 3 is 2.38 bits per heavy atom. The van der Waals surface area contributed by atoms with Gasteiger partial charge in [-0.1, -0.05) is 24.3 Å². The number of aliphatic imine (C=N–C) groups is 1. The van der Waals surface area contributed by atoms with Crippen LogP contribution in [0.25, 0.3) is 0 Å². The van der Waals surface area contributed by atoms with Gasteiger partial charge in [0.2, 0.25) is 0 Å². The number of guanidine groups is 1. The van der Waals surface area contributed by atoms with Gasteiger partial charge >= 0.3 is 0 Å². The third kappa shape index (κ3) is 7.70. The van der Waals surface area contributed by atoms with Gasteiger partial charge in [0.1, 0.15) is 0 Å². The Hall–Kier alpha value is -0.900. The molecule has 164 valence electrons. The van der Waals surface area contributed by atoms with Gasteiger partial charge in [-0.15, -0.1) is 24.0 Å². The summed E-state index contributed by atoms with van der Waals surface area (Å²) in [6.45, 7) is 12.4. The monoisotopic (exact) mass is 515 g/mol. The van der Waals surface area contributed by atoms with Gasteiger partial charge in [-0.3, -0.25) is 9.89 Å². The minimum absolute atomic E-state index is 0. The van der Waals surface area contributed by atoms with Crippen LogP contribution in [0.15, 0.2) is 29.3 Å². The molecule has 0 unspecified atom stereocenters. The molecule has 2 N–H and O–H groups in total. The fourth-order valence-corrected chi connectivity index (χ4v) is 4.01. The van der Waals surface area contributed by atoms with Crippen LogP contribution in [0.1, 0.15) is 37.8 Å². The molecule has 0 spiro atoms. The molecule has 1 aromatic rings. The Balaban J connectivity index is 0.00000300. The van der Waals surface area contributed by atoms with Crippen LogP contribution in [0.3, 0.4) is 0 Å². The van der Waals surface area contributed by atoms with Crippen LogP contribution in [-0.2, 0) is 17.8 Å². The molecule has 0 saturated carbocycles. The first-order valence-corrected chi connectivity index (χ1v) is 10.7. The molecule has 2 fully saturated rings. The normalized spacial score (nSPS) is 19.8. The highest BCUT2D eigenvalue weighted by atomic mass is 127. The molecule has 7 heteroatoms. The predicted octanol–water partition coefficient (Wildman–Crippen LogP) is 2.67. The van der Waals surface area contributed by atoms with E-state index >= 15 is 0 Å². The second-order valence-corrected chi connectivity index (χ2v) is 8.13. The van der Waals surface area contributed by atoms with Crippen LogP contribution >= 0.6 is 24.0 Å². The highest BCUT2D eigenvalue weighted by molar-refractivity contribution is 14.0. The molecular weight excluding hydrogens is 477 g/mol. The summed E-state index contributed by atoms with van der Waals surface area (Å²) in [5, 5.41) is 7.15. The lowest BCUT2D eigenvalue weighted by atomic mass is 10.0. The molecule has 0 bridgehead atoms. The van der Waals surface area contributed by atoms with E-state index in [1.807, 2.05) is 7.05 Å². The summed E-state index contributed by atoms with van der Waals surface area (Å²) in [5.74, 6) is 0.907. The Kier molecular flexibility index (Phi) is 10.7. The lowest BCUT2D eigenvalue weighted by molar-refractivity contribution is 0.0341. The number of halogens is 1. The van der Waals surface area contributed by atoms with Gasteiger partial charge in [0.05, 0.1) is 13.2 Å². The maximum Gasteiger partial charge on any atom is 0.191 e. The summed E-state index contributed by atoms with van der Waals surface area (Å²) >= 11 is 0. The molecular formula is C22H38IN5O. The third-order valence-electron chi connectivity index (χ3n) is 5.89. The molecule has 6 nitrogen and oxygen atoms in total. The van der Waals surface area contributed by atoms with Crippen molar-refractivity contribution in [1.29, 1.82) is 0 Å². The van der Waals surface area contributed by atoms with Crippen LogP contribution in [0.2, 0.25) is 0 Å². The van der Waals surface area contributed by atoms with Crippen LogP contribution in [0, 0.1) is 0 Å². The first-order valence-electron chi connectivity index (χ1n) is 10.7. The number of ether oxygens (including phenoxy) is 1. The molecule has 0 aromatic heterocycles. The molecule has 0 aliphatic carbocycles. The maximum absolute atomic E-state index is 5.47. The van der Waals surface area contributed by atoms with E-state index in [1.54, 1.807) is 0 Å². The average molecular weight is 515 g/mol. The second kappa shape index (κ2) is 12.7. The smallest absolute Gasteiger partial charge is 0.191 e. The Morgan fingerprint density at radius 2 is 1.76 bits per heavy atom. The third-order valence-corrected chi connectivity index (χ3v) is 5.89. The summed E-state index contributed by atoms with van der Waals surface area (Å²) in [4.78, 5) is 9.47. The lowest BCUT2D eigenvalue weighted by Gasteiger charge is -2.35. The SMILES string of the molecule is CN=C(NCc1ccccc1CN1CCOCC1)NC1CCN(C(C)C)CC1.I. The Labute approximate surface area is 193 Å². The van der Waals surface area contributed by atoms with Gasteiger partial charge in [-0.2, -0.15) is 0 Å². The number of nitrogens with zero attached hydrogens (tertiary/aromatic N) is 3. The maximum atomic E-state index is 5.47. The van der Waals surface area contributed by atoms with Crippen molar-refractivity contribution >= 4 is 29.9 Å². The quantitative estimate of drug-likeness (QED) is 0.347. The molecule has 2 aliphatic heterocycles. The first kappa shape index (κ1) is 24.4. The molecule has 0 radical (unpaired) electrons. The van der Waals surface area contributed by atoms with Crippen molar-refractivity contribution in [3.63, 3.8) is 0 Å². The number of morpholine rings is 1. The number of nitrogens with one attached hydrogen (secondary N) is 2. The van der Waals surface area contributed by atoms with Crippen LogP contribution in [0.4, 0.5) is 0 Å². The van der Waals surface area contributed by atoms with E-state index in [4.69, 9.17) is 4.74 Å². The van der Waals surface area contributed by atoms with Crippen molar-refractivity contribution in [2.75, 3.05) is 46.4 Å². The molecule has 0 atom stereocenters. The number of benzene rings is 1. The Bertz CT molecular complexity index is 625. The highest BCUT2D eigenvalue weighted by Gasteiger charge is 2.21. The van der Waals surface area contributed by atoms with Crippen molar-refractivity contribution in [2.24, 2.45) is 4.99 Å². The lowest BCUT2D eigenvalue weighted by Crippen LogP contribution is -2.49. The molecule has 0 amide bonds. The largest absolute Gasteiger partial charge is 0.379 e. The van der Waals surface area contributed by atoms with Crippen molar-refractivity contribution in [3.8, 4) is 0 Å². The van der Waals surface area contributed by atoms with Crippen LogP contribution in [0.5, 0.6) is 0 Å². The van der Waals surface area contributed by atoms with Gasteiger partial charge < -0.3 is 20.3 Å². The Morgan fingerprint density at radius 1 is 1.10 bits per heavy atom. The summed E-state index contributed by atoms with van der Waals surface area (Å²) in [5.41, 5.74) is 2.73. The van der Waals surface area contributed by atoms with Crippen molar-refractivity contribution in [2.45, 2.75) is 51.9 Å². The van der Waals surface area contributed by atoms with Gasteiger partial charge in [-0.25, -0.2) is 0 Å². The van der Waals surface area contributed by atoms with E-state index in [0.717, 1.165) is 58.4 Å². The molecule has 2 saturated heterocycles. The van der Waals surface area contributed by atoms with Gasteiger partial charge in [0.15, 0.2) is 5.96 Å². The predicted molar refractivity (Wildman–Crippen MR) is 131 cm³/mol. The van der Waals surface area contributed by atoms with Crippen molar-refractivity contribution < 1.29 is 4.74 Å². The minimum atomic E-state index is 0. The average Bonchev–Trinajstić information content (AvgIpc) is 2.73. The molecule has 2 aliphatic rings. The number of hydrogen-bond donors (Lipinski definition) is 2. The van der Waals surface area contributed by atoms with Gasteiger partial charge in [-0.05, 0) is 37.8 Å². The topological polar surface area (TPSA) is 52.1 Å². The molecule has 29 heavy (non-hydrogen) atoms. The van der Waals surface area contributed by atoms with Crippen molar-refractivity contribution in [1.82, 2.24) is 20.4 Å². The molecule has 2 heterocycles. The molecule has 1 aromatic carbocycles. The van der Waals surface area contributed by atoms with E-state index in [9.17, 15) is 0 Å². The van der Waals surface area contributed by atoms with Crippen molar-refractivity contribution in [3.05, 3.63) is 35.4 Å². The van der Waals surface area contributed by atoms with E-state index in [2.05, 4.69) is 63.5 Å². The first-order chi connectivity index (χ1) is 13.7. The zero-order valence-electron chi connectivity index (χ0n) is 18.2. The zero-order valence-corrected chi connectivity index (χ0v) is 20.5. The second-order valence-electron chi connectivity index (χ2n) is 8.13. The standard InChI is InChI=1S/C22H37N5O.HI/c1-18(2)27-10-8-21(9-11-27)25-22(23-3)24-16-19-6-4-5-7-20(19)17-26-12-14-28-15-13-26;/h4-7,18,21H,8-17H2,1-3H3,(H2,23,24,25);1H. The minimum Gasteiger partial charge on any atom is -0.379 e. The summed E-state index contributed by atoms with van der Waals surface area (Å²) < 4.78 is 5.47. The highest BCUT2D eigenvalue weighted by Crippen LogP contribution is 2.14. The number of piperidine rings is 1. The number of rotatable bonds is 6. The van der Waals surface area contributed by atoms with E-state index in [-0.39, 0.29) is 24.0 Å². The molecule has 3 rings (SSSR count). The van der Waals surface area contributed by atoms with Crippen LogP contribution < -0.4 is 10.6 Å².